The number of hydrogen-bond acceptors (Lipinski definition) is 3. The van der Waals surface area contributed by atoms with Crippen LogP contribution in [0.5, 0.6) is 0 Å². The average molecular weight is 225 g/mol. The van der Waals surface area contributed by atoms with Gasteiger partial charge >= 0.3 is 0 Å². The lowest BCUT2D eigenvalue weighted by Gasteiger charge is -2.33. The third kappa shape index (κ3) is 1.96. The standard InChI is InChI=1S/C12H19NOS/c1-9-5-8-15-10(9)11(13-3)12(2)6-4-7-14-12/h5,8,11,13H,4,6-7H2,1-3H3. The molecule has 2 heterocycles. The van der Waals surface area contributed by atoms with Gasteiger partial charge in [0, 0.05) is 11.5 Å². The number of likely N-dealkylation sites (N-methyl/N-ethyl adjacent to an activating group) is 1. The first-order chi connectivity index (χ1) is 7.17. The largest absolute Gasteiger partial charge is 0.373 e. The maximum absolute atomic E-state index is 5.92. The second kappa shape index (κ2) is 4.24. The van der Waals surface area contributed by atoms with Gasteiger partial charge in [-0.15, -0.1) is 11.3 Å². The monoisotopic (exact) mass is 225 g/mol. The van der Waals surface area contributed by atoms with Gasteiger partial charge in [-0.2, -0.15) is 0 Å². The predicted octanol–water partition coefficient (Wildman–Crippen LogP) is 2.89. The van der Waals surface area contributed by atoms with E-state index in [1.807, 2.05) is 18.4 Å². The molecule has 3 heteroatoms. The van der Waals surface area contributed by atoms with E-state index in [9.17, 15) is 0 Å². The molecular formula is C12H19NOS. The van der Waals surface area contributed by atoms with E-state index >= 15 is 0 Å². The SMILES string of the molecule is CNC(c1sccc1C)C1(C)CCCO1. The van der Waals surface area contributed by atoms with E-state index < -0.39 is 0 Å². The third-order valence-electron chi connectivity index (χ3n) is 3.31. The zero-order valence-electron chi connectivity index (χ0n) is 9.67. The van der Waals surface area contributed by atoms with E-state index in [4.69, 9.17) is 4.74 Å². The molecule has 2 nitrogen and oxygen atoms in total. The quantitative estimate of drug-likeness (QED) is 0.854. The van der Waals surface area contributed by atoms with Gasteiger partial charge < -0.3 is 10.1 Å². The Kier molecular flexibility index (Phi) is 3.14. The number of nitrogens with one attached hydrogen (secondary N) is 1. The molecular weight excluding hydrogens is 206 g/mol. The number of hydrogen-bond donors (Lipinski definition) is 1. The summed E-state index contributed by atoms with van der Waals surface area (Å²) in [6, 6.07) is 2.52. The Morgan fingerprint density at radius 1 is 1.60 bits per heavy atom. The van der Waals surface area contributed by atoms with E-state index in [-0.39, 0.29) is 5.60 Å². The lowest BCUT2D eigenvalue weighted by Crippen LogP contribution is -2.39. The summed E-state index contributed by atoms with van der Waals surface area (Å²) >= 11 is 1.83. The molecule has 0 amide bonds. The lowest BCUT2D eigenvalue weighted by atomic mass is 9.91. The first kappa shape index (κ1) is 11.1. The van der Waals surface area contributed by atoms with Crippen molar-refractivity contribution in [2.75, 3.05) is 13.7 Å². The molecule has 0 radical (unpaired) electrons. The van der Waals surface area contributed by atoms with Gasteiger partial charge in [0.05, 0.1) is 11.6 Å². The van der Waals surface area contributed by atoms with E-state index in [1.54, 1.807) is 0 Å². The van der Waals surface area contributed by atoms with Crippen LogP contribution in [-0.2, 0) is 4.74 Å². The molecule has 2 atom stereocenters. The minimum Gasteiger partial charge on any atom is -0.373 e. The molecule has 0 aromatic carbocycles. The van der Waals surface area contributed by atoms with Gasteiger partial charge in [0.2, 0.25) is 0 Å². The second-order valence-electron chi connectivity index (χ2n) is 4.45. The van der Waals surface area contributed by atoms with Gasteiger partial charge in [-0.1, -0.05) is 0 Å². The van der Waals surface area contributed by atoms with Crippen molar-refractivity contribution in [2.24, 2.45) is 0 Å². The summed E-state index contributed by atoms with van der Waals surface area (Å²) in [5.41, 5.74) is 1.35. The van der Waals surface area contributed by atoms with E-state index in [1.165, 1.54) is 16.9 Å². The molecule has 0 saturated carbocycles. The second-order valence-corrected chi connectivity index (χ2v) is 5.40. The molecule has 84 valence electrons. The summed E-state index contributed by atoms with van der Waals surface area (Å²) in [7, 11) is 2.02. The molecule has 1 saturated heterocycles. The van der Waals surface area contributed by atoms with Crippen LogP contribution in [0.25, 0.3) is 0 Å². The number of ether oxygens (including phenoxy) is 1. The Morgan fingerprint density at radius 2 is 2.40 bits per heavy atom. The van der Waals surface area contributed by atoms with Crippen LogP contribution in [0.2, 0.25) is 0 Å². The molecule has 1 aliphatic rings. The third-order valence-corrected chi connectivity index (χ3v) is 4.40. The highest BCUT2D eigenvalue weighted by atomic mass is 32.1. The minimum atomic E-state index is -0.0234. The number of aryl methyl sites for hydroxylation is 1. The fraction of sp³-hybridized carbons (Fsp3) is 0.667. The summed E-state index contributed by atoms with van der Waals surface area (Å²) in [4.78, 5) is 1.42. The fourth-order valence-electron chi connectivity index (χ4n) is 2.42. The zero-order valence-corrected chi connectivity index (χ0v) is 10.5. The topological polar surface area (TPSA) is 21.3 Å². The first-order valence-electron chi connectivity index (χ1n) is 5.52. The van der Waals surface area contributed by atoms with Crippen molar-refractivity contribution in [2.45, 2.75) is 38.3 Å². The normalized spacial score (nSPS) is 28.2. The van der Waals surface area contributed by atoms with Crippen molar-refractivity contribution in [3.05, 3.63) is 21.9 Å². The Bertz CT molecular complexity index is 328. The molecule has 15 heavy (non-hydrogen) atoms. The molecule has 0 spiro atoms. The van der Waals surface area contributed by atoms with Crippen molar-refractivity contribution in [1.82, 2.24) is 5.32 Å². The van der Waals surface area contributed by atoms with Crippen molar-refractivity contribution >= 4 is 11.3 Å². The first-order valence-corrected chi connectivity index (χ1v) is 6.40. The highest BCUT2D eigenvalue weighted by molar-refractivity contribution is 7.10. The van der Waals surface area contributed by atoms with Gasteiger partial charge in [0.1, 0.15) is 0 Å². The van der Waals surface area contributed by atoms with Gasteiger partial charge in [0.15, 0.2) is 0 Å². The van der Waals surface area contributed by atoms with Crippen LogP contribution in [0.3, 0.4) is 0 Å². The van der Waals surface area contributed by atoms with E-state index in [0.717, 1.165) is 13.0 Å². The number of rotatable bonds is 3. The van der Waals surface area contributed by atoms with Gasteiger partial charge in [0.25, 0.3) is 0 Å². The maximum Gasteiger partial charge on any atom is 0.0857 e. The smallest absolute Gasteiger partial charge is 0.0857 e. The molecule has 1 aromatic rings. The molecule has 2 rings (SSSR count). The van der Waals surface area contributed by atoms with Crippen LogP contribution >= 0.6 is 11.3 Å². The van der Waals surface area contributed by atoms with Gasteiger partial charge in [-0.05, 0) is 50.7 Å². The Labute approximate surface area is 95.6 Å². The fourth-order valence-corrected chi connectivity index (χ4v) is 3.60. The summed E-state index contributed by atoms with van der Waals surface area (Å²) in [6.45, 7) is 5.30. The summed E-state index contributed by atoms with van der Waals surface area (Å²) < 4.78 is 5.92. The average Bonchev–Trinajstić information content (AvgIpc) is 2.79. The molecule has 1 fully saturated rings. The maximum atomic E-state index is 5.92. The molecule has 0 bridgehead atoms. The van der Waals surface area contributed by atoms with Crippen molar-refractivity contribution < 1.29 is 4.74 Å². The molecule has 1 aliphatic heterocycles. The predicted molar refractivity (Wildman–Crippen MR) is 64.4 cm³/mol. The minimum absolute atomic E-state index is 0.0234. The van der Waals surface area contributed by atoms with Crippen molar-refractivity contribution in [3.8, 4) is 0 Å². The van der Waals surface area contributed by atoms with Gasteiger partial charge in [-0.25, -0.2) is 0 Å². The van der Waals surface area contributed by atoms with E-state index in [0.29, 0.717) is 6.04 Å². The van der Waals surface area contributed by atoms with Crippen LogP contribution in [0, 0.1) is 6.92 Å². The molecule has 1 aromatic heterocycles. The molecule has 0 aliphatic carbocycles. The Hall–Kier alpha value is -0.380. The highest BCUT2D eigenvalue weighted by Gasteiger charge is 2.39. The Balaban J connectivity index is 2.27. The van der Waals surface area contributed by atoms with E-state index in [2.05, 4.69) is 30.6 Å². The number of thiophene rings is 1. The van der Waals surface area contributed by atoms with Crippen LogP contribution in [0.4, 0.5) is 0 Å². The lowest BCUT2D eigenvalue weighted by molar-refractivity contribution is -0.00963. The Morgan fingerprint density at radius 3 is 2.87 bits per heavy atom. The molecule has 1 N–H and O–H groups in total. The van der Waals surface area contributed by atoms with Crippen LogP contribution in [0.15, 0.2) is 11.4 Å². The molecule has 2 unspecified atom stereocenters. The van der Waals surface area contributed by atoms with Crippen LogP contribution in [0.1, 0.15) is 36.2 Å². The van der Waals surface area contributed by atoms with Gasteiger partial charge in [-0.3, -0.25) is 0 Å². The summed E-state index contributed by atoms with van der Waals surface area (Å²) in [6.07, 6.45) is 2.33. The highest BCUT2D eigenvalue weighted by Crippen LogP contribution is 2.40. The van der Waals surface area contributed by atoms with Crippen LogP contribution < -0.4 is 5.32 Å². The summed E-state index contributed by atoms with van der Waals surface area (Å²) in [5, 5.41) is 5.57. The van der Waals surface area contributed by atoms with Crippen molar-refractivity contribution in [3.63, 3.8) is 0 Å². The zero-order chi connectivity index (χ0) is 10.9. The summed E-state index contributed by atoms with van der Waals surface area (Å²) in [5.74, 6) is 0. The van der Waals surface area contributed by atoms with Crippen molar-refractivity contribution in [1.29, 1.82) is 0 Å². The van der Waals surface area contributed by atoms with Crippen LogP contribution in [-0.4, -0.2) is 19.3 Å².